The van der Waals surface area contributed by atoms with Gasteiger partial charge in [0.2, 0.25) is 5.78 Å². The number of halogens is 3. The average molecular weight is 566 g/mol. The van der Waals surface area contributed by atoms with Crippen LogP contribution in [0.2, 0.25) is 0 Å². The number of carbonyl (C=O) groups excluding carboxylic acids is 2. The highest BCUT2D eigenvalue weighted by Gasteiger charge is 2.38. The highest BCUT2D eigenvalue weighted by Crippen LogP contribution is 2.35. The number of amides is 1. The molecule has 0 saturated carbocycles. The van der Waals surface area contributed by atoms with E-state index < -0.39 is 35.9 Å². The Morgan fingerprint density at radius 2 is 1.50 bits per heavy atom. The number of carbonyl (C=O) groups is 4. The fourth-order valence-electron chi connectivity index (χ4n) is 3.43. The van der Waals surface area contributed by atoms with Crippen molar-refractivity contribution < 1.29 is 56.8 Å². The van der Waals surface area contributed by atoms with Crippen molar-refractivity contribution in [3.05, 3.63) is 59.4 Å². The van der Waals surface area contributed by atoms with E-state index in [0.29, 0.717) is 22.6 Å². The lowest BCUT2D eigenvalue weighted by Gasteiger charge is -2.19. The van der Waals surface area contributed by atoms with E-state index in [1.54, 1.807) is 32.0 Å². The number of nitrogens with two attached hydrogens (primary N) is 1. The molecule has 2 aromatic carbocycles. The van der Waals surface area contributed by atoms with E-state index in [1.807, 2.05) is 0 Å². The third-order valence-corrected chi connectivity index (χ3v) is 5.32. The van der Waals surface area contributed by atoms with Crippen LogP contribution in [0, 0.1) is 5.92 Å². The number of carboxylic acids is 2. The number of hydrogen-bond acceptors (Lipinski definition) is 8. The molecule has 3 aromatic rings. The van der Waals surface area contributed by atoms with Gasteiger partial charge in [-0.05, 0) is 30.2 Å². The van der Waals surface area contributed by atoms with Crippen LogP contribution < -0.4 is 19.9 Å². The summed E-state index contributed by atoms with van der Waals surface area (Å²) in [5, 5.41) is 17.3. The molecule has 1 aromatic heterocycles. The number of pyridine rings is 1. The molecule has 11 nitrogen and oxygen atoms in total. The largest absolute Gasteiger partial charge is 0.493 e. The molecule has 40 heavy (non-hydrogen) atoms. The van der Waals surface area contributed by atoms with E-state index in [1.165, 1.54) is 32.4 Å². The number of methoxy groups -OCH3 is 2. The summed E-state index contributed by atoms with van der Waals surface area (Å²) < 4.78 is 48.0. The van der Waals surface area contributed by atoms with Crippen molar-refractivity contribution in [2.75, 3.05) is 14.2 Å². The van der Waals surface area contributed by atoms with Crippen molar-refractivity contribution in [3.63, 3.8) is 0 Å². The summed E-state index contributed by atoms with van der Waals surface area (Å²) in [7, 11) is 2.86. The zero-order valence-electron chi connectivity index (χ0n) is 21.6. The van der Waals surface area contributed by atoms with Gasteiger partial charge in [0.15, 0.2) is 17.6 Å². The number of fused-ring (bicyclic) bond motifs is 1. The molecule has 1 amide bonds. The monoisotopic (exact) mass is 566 g/mol. The zero-order valence-corrected chi connectivity index (χ0v) is 21.6. The van der Waals surface area contributed by atoms with Crippen LogP contribution in [0.15, 0.2) is 42.6 Å². The van der Waals surface area contributed by atoms with E-state index in [-0.39, 0.29) is 28.1 Å². The number of nitrogens with zero attached hydrogens (tertiary/aromatic N) is 1. The normalized spacial score (nSPS) is 11.7. The standard InChI is InChI=1S/C24H24N2O7.C2HF3O2/c1-12(2)22(23(25)28)33-14-7-5-6-13(8-14)21(27)20-16-10-19(32-4)18(31-3)9-15(16)17(11-26-20)24(29)30;3-2(4,5)1(6)7/h5-12,22H,1-4H3,(H2,25,28)(H,29,30);(H,6,7). The number of primary amides is 1. The SMILES string of the molecule is COc1cc2c(C(=O)O)cnc(C(=O)c3cccc(OC(C(N)=O)C(C)C)c3)c2cc1OC.O=C(O)C(F)(F)F. The molecule has 1 heterocycles. The van der Waals surface area contributed by atoms with Crippen LogP contribution in [0.3, 0.4) is 0 Å². The van der Waals surface area contributed by atoms with Crippen LogP contribution in [0.25, 0.3) is 10.8 Å². The molecule has 0 aliphatic heterocycles. The first-order valence-corrected chi connectivity index (χ1v) is 11.3. The fraction of sp³-hybridized carbons (Fsp3) is 0.269. The maximum absolute atomic E-state index is 13.4. The minimum Gasteiger partial charge on any atom is -0.493 e. The van der Waals surface area contributed by atoms with E-state index >= 15 is 0 Å². The molecule has 0 spiro atoms. The van der Waals surface area contributed by atoms with Crippen molar-refractivity contribution in [2.45, 2.75) is 26.1 Å². The van der Waals surface area contributed by atoms with Gasteiger partial charge in [0.1, 0.15) is 11.4 Å². The summed E-state index contributed by atoms with van der Waals surface area (Å²) in [4.78, 5) is 49.8. The minimum atomic E-state index is -5.08. The Morgan fingerprint density at radius 3 is 1.95 bits per heavy atom. The van der Waals surface area contributed by atoms with Crippen molar-refractivity contribution in [1.29, 1.82) is 0 Å². The number of aliphatic carboxylic acids is 1. The molecule has 0 aliphatic carbocycles. The molecule has 0 bridgehead atoms. The molecular formula is C26H25F3N2O9. The van der Waals surface area contributed by atoms with Gasteiger partial charge in [0.05, 0.1) is 19.8 Å². The van der Waals surface area contributed by atoms with Crippen LogP contribution in [0.4, 0.5) is 13.2 Å². The Labute approximate surface area is 225 Å². The van der Waals surface area contributed by atoms with Gasteiger partial charge in [-0.3, -0.25) is 14.6 Å². The molecule has 0 fully saturated rings. The molecule has 14 heteroatoms. The van der Waals surface area contributed by atoms with Gasteiger partial charge in [-0.2, -0.15) is 13.2 Å². The summed E-state index contributed by atoms with van der Waals surface area (Å²) in [6.45, 7) is 3.60. The maximum Gasteiger partial charge on any atom is 0.490 e. The summed E-state index contributed by atoms with van der Waals surface area (Å²) in [5.74, 6) is -4.26. The third-order valence-electron chi connectivity index (χ3n) is 5.32. The van der Waals surface area contributed by atoms with Crippen LogP contribution in [0.1, 0.15) is 40.3 Å². The van der Waals surface area contributed by atoms with Crippen molar-refractivity contribution in [3.8, 4) is 17.2 Å². The maximum atomic E-state index is 13.4. The van der Waals surface area contributed by atoms with Gasteiger partial charge in [-0.15, -0.1) is 0 Å². The average Bonchev–Trinajstić information content (AvgIpc) is 2.89. The Morgan fingerprint density at radius 1 is 0.950 bits per heavy atom. The highest BCUT2D eigenvalue weighted by molar-refractivity contribution is 6.18. The number of rotatable bonds is 9. The number of benzene rings is 2. The number of ketones is 1. The zero-order chi connectivity index (χ0) is 30.4. The van der Waals surface area contributed by atoms with Crippen LogP contribution >= 0.6 is 0 Å². The van der Waals surface area contributed by atoms with Crippen LogP contribution in [-0.2, 0) is 9.59 Å². The van der Waals surface area contributed by atoms with Crippen molar-refractivity contribution >= 4 is 34.4 Å². The molecule has 214 valence electrons. The number of hydrogen-bond donors (Lipinski definition) is 3. The first-order chi connectivity index (χ1) is 18.6. The number of aromatic nitrogens is 1. The lowest BCUT2D eigenvalue weighted by Crippen LogP contribution is -2.37. The molecule has 1 atom stereocenters. The van der Waals surface area contributed by atoms with Gasteiger partial charge in [0.25, 0.3) is 5.91 Å². The molecular weight excluding hydrogens is 541 g/mol. The van der Waals surface area contributed by atoms with E-state index in [9.17, 15) is 32.7 Å². The van der Waals surface area contributed by atoms with Crippen molar-refractivity contribution in [1.82, 2.24) is 4.98 Å². The van der Waals surface area contributed by atoms with Gasteiger partial charge >= 0.3 is 18.1 Å². The number of carboxylic acid groups (broad SMARTS) is 2. The lowest BCUT2D eigenvalue weighted by atomic mass is 9.99. The summed E-state index contributed by atoms with van der Waals surface area (Å²) >= 11 is 0. The smallest absolute Gasteiger partial charge is 0.490 e. The predicted octanol–water partition coefficient (Wildman–Crippen LogP) is 3.70. The van der Waals surface area contributed by atoms with E-state index in [2.05, 4.69) is 4.98 Å². The number of ether oxygens (including phenoxy) is 3. The first kappa shape index (κ1) is 31.3. The highest BCUT2D eigenvalue weighted by atomic mass is 19.4. The van der Waals surface area contributed by atoms with Crippen LogP contribution in [-0.4, -0.2) is 65.3 Å². The van der Waals surface area contributed by atoms with Gasteiger partial charge < -0.3 is 30.2 Å². The molecule has 3 rings (SSSR count). The van der Waals surface area contributed by atoms with Gasteiger partial charge in [0, 0.05) is 22.5 Å². The van der Waals surface area contributed by atoms with Gasteiger partial charge in [-0.25, -0.2) is 9.59 Å². The van der Waals surface area contributed by atoms with Crippen LogP contribution in [0.5, 0.6) is 17.2 Å². The summed E-state index contributed by atoms with van der Waals surface area (Å²) in [6, 6.07) is 9.29. The minimum absolute atomic E-state index is 0.0309. The molecule has 1 unspecified atom stereocenters. The molecule has 0 radical (unpaired) electrons. The number of alkyl halides is 3. The Kier molecular flexibility index (Phi) is 10.0. The molecule has 0 aliphatic rings. The predicted molar refractivity (Wildman–Crippen MR) is 134 cm³/mol. The third kappa shape index (κ3) is 7.36. The Balaban J connectivity index is 0.000000708. The van der Waals surface area contributed by atoms with E-state index in [0.717, 1.165) is 6.20 Å². The Hall–Kier alpha value is -4.88. The second kappa shape index (κ2) is 12.8. The topological polar surface area (TPSA) is 175 Å². The lowest BCUT2D eigenvalue weighted by molar-refractivity contribution is -0.192. The Bertz CT molecular complexity index is 1440. The fourth-order valence-corrected chi connectivity index (χ4v) is 3.43. The quantitative estimate of drug-likeness (QED) is 0.324. The summed E-state index contributed by atoms with van der Waals surface area (Å²) in [6.07, 6.45) is -4.81. The second-order valence-electron chi connectivity index (χ2n) is 8.42. The molecule has 4 N–H and O–H groups in total. The first-order valence-electron chi connectivity index (χ1n) is 11.3. The second-order valence-corrected chi connectivity index (χ2v) is 8.42. The molecule has 0 saturated heterocycles. The van der Waals surface area contributed by atoms with E-state index in [4.69, 9.17) is 29.8 Å². The summed E-state index contributed by atoms with van der Waals surface area (Å²) in [5.41, 5.74) is 5.61. The van der Waals surface area contributed by atoms with Crippen molar-refractivity contribution in [2.24, 2.45) is 11.7 Å². The number of aromatic carboxylic acids is 1. The van der Waals surface area contributed by atoms with Gasteiger partial charge in [-0.1, -0.05) is 26.0 Å².